The number of nitrogens with zero attached hydrogens (tertiary/aromatic N) is 4. The number of hydrogen-bond acceptors (Lipinski definition) is 10. The van der Waals surface area contributed by atoms with Gasteiger partial charge in [-0.05, 0) is 24.3 Å². The van der Waals surface area contributed by atoms with Gasteiger partial charge in [0.1, 0.15) is 24.0 Å². The molecule has 0 radical (unpaired) electrons. The molecule has 0 saturated carbocycles. The lowest BCUT2D eigenvalue weighted by molar-refractivity contribution is 0.00447. The number of aliphatic hydroxyl groups is 1. The van der Waals surface area contributed by atoms with Crippen LogP contribution in [0.4, 0.5) is 11.8 Å². The number of carbonyl (C=O) groups excluding carboxylic acids is 1. The Hall–Kier alpha value is -3.74. The van der Waals surface area contributed by atoms with E-state index in [1.165, 1.54) is 37.1 Å². The number of nitrogen functional groups attached to an aromatic ring is 1. The smallest absolute Gasteiger partial charge is 0.262 e. The molecule has 12 heteroatoms. The van der Waals surface area contributed by atoms with Gasteiger partial charge in [0.05, 0.1) is 31.3 Å². The van der Waals surface area contributed by atoms with Crippen LogP contribution in [0.25, 0.3) is 10.9 Å². The van der Waals surface area contributed by atoms with Gasteiger partial charge in [0, 0.05) is 32.9 Å². The Morgan fingerprint density at radius 2 is 2.06 bits per heavy atom. The van der Waals surface area contributed by atoms with Crippen molar-refractivity contribution in [3.8, 4) is 11.5 Å². The van der Waals surface area contributed by atoms with Crippen LogP contribution in [0.3, 0.4) is 0 Å². The molecule has 1 amide bonds. The number of benzene rings is 1. The van der Waals surface area contributed by atoms with Crippen molar-refractivity contribution in [2.45, 2.75) is 6.10 Å². The number of nitrogens with one attached hydrogen (secondary N) is 1. The summed E-state index contributed by atoms with van der Waals surface area (Å²) in [5.74, 6) is 0.347. The van der Waals surface area contributed by atoms with Crippen LogP contribution in [0.2, 0.25) is 0 Å². The molecule has 1 aromatic carbocycles. The lowest BCUT2D eigenvalue weighted by Crippen LogP contribution is -2.42. The number of aromatic nitrogens is 3. The molecule has 2 aromatic heterocycles. The monoisotopic (exact) mass is 484 g/mol. The summed E-state index contributed by atoms with van der Waals surface area (Å²) in [6.07, 6.45) is 0.604. The van der Waals surface area contributed by atoms with E-state index in [0.717, 1.165) is 13.1 Å². The van der Waals surface area contributed by atoms with Gasteiger partial charge in [-0.2, -0.15) is 0 Å². The van der Waals surface area contributed by atoms with Crippen LogP contribution in [-0.2, 0) is 11.8 Å². The molecule has 3 aromatic rings. The molecule has 0 spiro atoms. The normalized spacial score (nSPS) is 15.1. The topological polar surface area (TPSA) is 154 Å². The SMILES string of the molecule is COc1c(OC[C@@H](O)CN2CCOCC2)ccc2c(=O)n(C)c(NC(=O)c3ccc(N)nc3)nc12. The van der Waals surface area contributed by atoms with E-state index in [-0.39, 0.29) is 46.1 Å². The summed E-state index contributed by atoms with van der Waals surface area (Å²) >= 11 is 0. The molecular weight excluding hydrogens is 456 g/mol. The van der Waals surface area contributed by atoms with E-state index in [9.17, 15) is 14.7 Å². The second kappa shape index (κ2) is 10.7. The molecule has 3 heterocycles. The maximum atomic E-state index is 13.0. The second-order valence-electron chi connectivity index (χ2n) is 8.10. The zero-order chi connectivity index (χ0) is 24.9. The number of β-amino-alcohol motifs (C(OH)–C–C–N with tert-alkyl or cyclic N) is 1. The van der Waals surface area contributed by atoms with Crippen LogP contribution < -0.4 is 26.1 Å². The van der Waals surface area contributed by atoms with Gasteiger partial charge in [0.15, 0.2) is 11.5 Å². The van der Waals surface area contributed by atoms with E-state index < -0.39 is 12.0 Å². The van der Waals surface area contributed by atoms with E-state index in [1.54, 1.807) is 12.1 Å². The first-order valence-electron chi connectivity index (χ1n) is 11.1. The lowest BCUT2D eigenvalue weighted by Gasteiger charge is -2.28. The van der Waals surface area contributed by atoms with Gasteiger partial charge < -0.3 is 25.1 Å². The van der Waals surface area contributed by atoms with Crippen LogP contribution >= 0.6 is 0 Å². The summed E-state index contributed by atoms with van der Waals surface area (Å²) in [5.41, 5.74) is 5.68. The molecule has 0 aliphatic carbocycles. The fourth-order valence-corrected chi connectivity index (χ4v) is 3.75. The second-order valence-corrected chi connectivity index (χ2v) is 8.10. The molecule has 1 saturated heterocycles. The summed E-state index contributed by atoms with van der Waals surface area (Å²) in [6, 6.07) is 6.20. The van der Waals surface area contributed by atoms with Crippen molar-refractivity contribution in [1.29, 1.82) is 0 Å². The van der Waals surface area contributed by atoms with Crippen molar-refractivity contribution in [2.75, 3.05) is 57.6 Å². The average molecular weight is 485 g/mol. The molecule has 0 unspecified atom stereocenters. The summed E-state index contributed by atoms with van der Waals surface area (Å²) < 4.78 is 17.9. The van der Waals surface area contributed by atoms with E-state index >= 15 is 0 Å². The zero-order valence-electron chi connectivity index (χ0n) is 19.6. The van der Waals surface area contributed by atoms with Crippen molar-refractivity contribution in [1.82, 2.24) is 19.4 Å². The van der Waals surface area contributed by atoms with Gasteiger partial charge in [0.2, 0.25) is 5.95 Å². The minimum Gasteiger partial charge on any atom is -0.491 e. The first-order chi connectivity index (χ1) is 16.9. The summed E-state index contributed by atoms with van der Waals surface area (Å²) in [5, 5.41) is 13.3. The Kier molecular flexibility index (Phi) is 7.44. The van der Waals surface area contributed by atoms with E-state index in [4.69, 9.17) is 19.9 Å². The molecule has 186 valence electrons. The van der Waals surface area contributed by atoms with Gasteiger partial charge in [0.25, 0.3) is 11.5 Å². The Morgan fingerprint density at radius 3 is 2.74 bits per heavy atom. The third-order valence-corrected chi connectivity index (χ3v) is 5.65. The minimum atomic E-state index is -0.728. The summed E-state index contributed by atoms with van der Waals surface area (Å²) in [4.78, 5) is 36.1. The number of rotatable bonds is 8. The van der Waals surface area contributed by atoms with Gasteiger partial charge >= 0.3 is 0 Å². The minimum absolute atomic E-state index is 0.0205. The third-order valence-electron chi connectivity index (χ3n) is 5.65. The molecule has 35 heavy (non-hydrogen) atoms. The van der Waals surface area contributed by atoms with Gasteiger partial charge in [-0.3, -0.25) is 24.4 Å². The maximum absolute atomic E-state index is 13.0. The number of morpholine rings is 1. The largest absolute Gasteiger partial charge is 0.491 e. The van der Waals surface area contributed by atoms with Gasteiger partial charge in [-0.25, -0.2) is 9.97 Å². The number of ether oxygens (including phenoxy) is 3. The first kappa shape index (κ1) is 24.4. The molecule has 4 N–H and O–H groups in total. The molecular formula is C23H28N6O6. The summed E-state index contributed by atoms with van der Waals surface area (Å²) in [7, 11) is 2.94. The number of fused-ring (bicyclic) bond motifs is 1. The molecule has 1 atom stereocenters. The van der Waals surface area contributed by atoms with Crippen molar-refractivity contribution in [2.24, 2.45) is 7.05 Å². The van der Waals surface area contributed by atoms with Crippen molar-refractivity contribution in [3.05, 3.63) is 46.4 Å². The van der Waals surface area contributed by atoms with E-state index in [0.29, 0.717) is 25.5 Å². The highest BCUT2D eigenvalue weighted by Crippen LogP contribution is 2.34. The predicted octanol–water partition coefficient (Wildman–Crippen LogP) is 0.244. The van der Waals surface area contributed by atoms with Crippen LogP contribution in [0, 0.1) is 0 Å². The van der Waals surface area contributed by atoms with Gasteiger partial charge in [-0.1, -0.05) is 0 Å². The first-order valence-corrected chi connectivity index (χ1v) is 11.1. The molecule has 0 bridgehead atoms. The highest BCUT2D eigenvalue weighted by atomic mass is 16.5. The Morgan fingerprint density at radius 1 is 1.29 bits per heavy atom. The highest BCUT2D eigenvalue weighted by molar-refractivity contribution is 6.03. The number of amides is 1. The summed E-state index contributed by atoms with van der Waals surface area (Å²) in [6.45, 7) is 3.27. The Labute approximate surface area is 201 Å². The molecule has 1 aliphatic heterocycles. The van der Waals surface area contributed by atoms with Gasteiger partial charge in [-0.15, -0.1) is 0 Å². The van der Waals surface area contributed by atoms with Crippen molar-refractivity contribution >= 4 is 28.6 Å². The number of methoxy groups -OCH3 is 1. The standard InChI is InChI=1S/C23H28N6O6/c1-28-22(32)16-4-5-17(35-13-15(30)12-29-7-9-34-10-8-29)20(33-2)19(16)26-23(28)27-21(31)14-3-6-18(24)25-11-14/h3-6,11,15,30H,7-10,12-13H2,1-2H3,(H2,24,25)(H,26,27,31)/t15-/m0/s1. The van der Waals surface area contributed by atoms with Crippen LogP contribution in [-0.4, -0.2) is 83.1 Å². The highest BCUT2D eigenvalue weighted by Gasteiger charge is 2.20. The average Bonchev–Trinajstić information content (AvgIpc) is 2.86. The molecule has 4 rings (SSSR count). The van der Waals surface area contributed by atoms with Crippen LogP contribution in [0.5, 0.6) is 11.5 Å². The third kappa shape index (κ3) is 5.50. The van der Waals surface area contributed by atoms with Crippen LogP contribution in [0.1, 0.15) is 10.4 Å². The number of hydrogen-bond donors (Lipinski definition) is 3. The lowest BCUT2D eigenvalue weighted by atomic mass is 10.2. The van der Waals surface area contributed by atoms with E-state index in [2.05, 4.69) is 20.2 Å². The molecule has 1 aliphatic rings. The number of carbonyl (C=O) groups is 1. The quantitative estimate of drug-likeness (QED) is 0.405. The predicted molar refractivity (Wildman–Crippen MR) is 129 cm³/mol. The van der Waals surface area contributed by atoms with E-state index in [1.807, 2.05) is 0 Å². The number of nitrogens with two attached hydrogens (primary N) is 1. The fourth-order valence-electron chi connectivity index (χ4n) is 3.75. The number of pyridine rings is 1. The van der Waals surface area contributed by atoms with Crippen molar-refractivity contribution in [3.63, 3.8) is 0 Å². The van der Waals surface area contributed by atoms with Crippen molar-refractivity contribution < 1.29 is 24.1 Å². The molecule has 12 nitrogen and oxygen atoms in total. The number of anilines is 2. The Bertz CT molecular complexity index is 1260. The maximum Gasteiger partial charge on any atom is 0.262 e. The Balaban J connectivity index is 1.57. The fraction of sp³-hybridized carbons (Fsp3) is 0.391. The zero-order valence-corrected chi connectivity index (χ0v) is 19.6. The van der Waals surface area contributed by atoms with Crippen LogP contribution in [0.15, 0.2) is 35.3 Å². The molecule has 1 fully saturated rings. The number of aliphatic hydroxyl groups excluding tert-OH is 1.